The van der Waals surface area contributed by atoms with E-state index in [0.29, 0.717) is 6.04 Å². The Morgan fingerprint density at radius 1 is 1.14 bits per heavy atom. The van der Waals surface area contributed by atoms with E-state index in [-0.39, 0.29) is 0 Å². The number of fused-ring (bicyclic) bond motifs is 1. The molecule has 0 spiro atoms. The molecule has 1 saturated heterocycles. The van der Waals surface area contributed by atoms with Crippen molar-refractivity contribution >= 4 is 26.8 Å². The lowest BCUT2D eigenvalue weighted by molar-refractivity contribution is 0.250. The number of nitrogens with zero attached hydrogens (tertiary/aromatic N) is 1. The number of H-pyrrole nitrogens is 1. The Hall–Kier alpha value is -1.58. The molecule has 112 valence electrons. The van der Waals surface area contributed by atoms with Gasteiger partial charge in [-0.2, -0.15) is 0 Å². The number of likely N-dealkylation sites (tertiary alicyclic amines) is 1. The minimum Gasteiger partial charge on any atom is -0.361 e. The first-order valence-electron chi connectivity index (χ1n) is 7.86. The summed E-state index contributed by atoms with van der Waals surface area (Å²) in [5, 5.41) is 1.35. The third kappa shape index (κ3) is 2.59. The Kier molecular flexibility index (Phi) is 3.77. The molecule has 3 heteroatoms. The molecule has 1 atom stereocenters. The maximum Gasteiger partial charge on any atom is 0.0458 e. The van der Waals surface area contributed by atoms with Crippen molar-refractivity contribution in [1.82, 2.24) is 9.88 Å². The maximum absolute atomic E-state index is 3.60. The fourth-order valence-corrected chi connectivity index (χ4v) is 3.94. The number of aromatic amines is 1. The van der Waals surface area contributed by atoms with Gasteiger partial charge in [0, 0.05) is 34.2 Å². The van der Waals surface area contributed by atoms with Gasteiger partial charge in [-0.15, -0.1) is 0 Å². The number of halogens is 1. The lowest BCUT2D eigenvalue weighted by Crippen LogP contribution is -2.22. The van der Waals surface area contributed by atoms with Crippen LogP contribution < -0.4 is 0 Å². The van der Waals surface area contributed by atoms with Crippen LogP contribution in [0.1, 0.15) is 30.0 Å². The summed E-state index contributed by atoms with van der Waals surface area (Å²) in [6.45, 7) is 2.21. The molecule has 0 radical (unpaired) electrons. The summed E-state index contributed by atoms with van der Waals surface area (Å²) in [5.74, 6) is 0. The van der Waals surface area contributed by atoms with Gasteiger partial charge in [0.05, 0.1) is 0 Å². The highest BCUT2D eigenvalue weighted by Crippen LogP contribution is 2.37. The number of aromatic nitrogens is 1. The zero-order chi connectivity index (χ0) is 14.9. The molecule has 1 fully saturated rings. The van der Waals surface area contributed by atoms with Gasteiger partial charge < -0.3 is 4.98 Å². The second-order valence-corrected chi connectivity index (χ2v) is 6.96. The van der Waals surface area contributed by atoms with Gasteiger partial charge in [0.25, 0.3) is 0 Å². The van der Waals surface area contributed by atoms with Crippen molar-refractivity contribution in [3.8, 4) is 0 Å². The largest absolute Gasteiger partial charge is 0.361 e. The molecule has 1 aliphatic rings. The third-order valence-corrected chi connectivity index (χ3v) is 5.12. The molecule has 1 aliphatic heterocycles. The van der Waals surface area contributed by atoms with Crippen molar-refractivity contribution in [2.24, 2.45) is 0 Å². The molecule has 2 heterocycles. The molecule has 3 aromatic rings. The van der Waals surface area contributed by atoms with Gasteiger partial charge in [-0.3, -0.25) is 4.90 Å². The van der Waals surface area contributed by atoms with Gasteiger partial charge in [0.15, 0.2) is 0 Å². The number of hydrogen-bond donors (Lipinski definition) is 1. The summed E-state index contributed by atoms with van der Waals surface area (Å²) in [6, 6.07) is 17.8. The molecule has 2 nitrogen and oxygen atoms in total. The molecule has 2 aromatic carbocycles. The van der Waals surface area contributed by atoms with Crippen molar-refractivity contribution < 1.29 is 0 Å². The van der Waals surface area contributed by atoms with Crippen LogP contribution in [0, 0.1) is 0 Å². The molecule has 22 heavy (non-hydrogen) atoms. The van der Waals surface area contributed by atoms with Gasteiger partial charge in [-0.1, -0.05) is 46.3 Å². The monoisotopic (exact) mass is 354 g/mol. The molecule has 0 aliphatic carbocycles. The van der Waals surface area contributed by atoms with Crippen LogP contribution in [0.15, 0.2) is 59.2 Å². The number of rotatable bonds is 3. The smallest absolute Gasteiger partial charge is 0.0458 e. The molecular formula is C19H19BrN2. The number of hydrogen-bond acceptors (Lipinski definition) is 1. The van der Waals surface area contributed by atoms with E-state index in [2.05, 4.69) is 80.5 Å². The van der Waals surface area contributed by atoms with Crippen molar-refractivity contribution in [2.45, 2.75) is 25.4 Å². The van der Waals surface area contributed by atoms with E-state index in [9.17, 15) is 0 Å². The van der Waals surface area contributed by atoms with Crippen molar-refractivity contribution in [3.05, 3.63) is 70.3 Å². The van der Waals surface area contributed by atoms with Gasteiger partial charge >= 0.3 is 0 Å². The average Bonchev–Trinajstić information content (AvgIpc) is 3.14. The second kappa shape index (κ2) is 5.90. The maximum atomic E-state index is 3.60. The predicted molar refractivity (Wildman–Crippen MR) is 94.8 cm³/mol. The molecule has 4 rings (SSSR count). The Morgan fingerprint density at radius 3 is 2.86 bits per heavy atom. The third-order valence-electron chi connectivity index (χ3n) is 4.63. The Balaban J connectivity index is 1.66. The van der Waals surface area contributed by atoms with E-state index in [4.69, 9.17) is 0 Å². The van der Waals surface area contributed by atoms with Gasteiger partial charge in [-0.25, -0.2) is 0 Å². The minimum atomic E-state index is 0.517. The fourth-order valence-electron chi connectivity index (χ4n) is 3.58. The Bertz CT molecular complexity index is 778. The fraction of sp³-hybridized carbons (Fsp3) is 0.263. The van der Waals surface area contributed by atoms with E-state index in [1.807, 2.05) is 0 Å². The van der Waals surface area contributed by atoms with Crippen LogP contribution in [0.4, 0.5) is 0 Å². The number of nitrogens with one attached hydrogen (secondary N) is 1. The van der Waals surface area contributed by atoms with Crippen LogP contribution >= 0.6 is 15.9 Å². The molecule has 0 unspecified atom stereocenters. The topological polar surface area (TPSA) is 19.0 Å². The average molecular weight is 355 g/mol. The molecule has 1 aromatic heterocycles. The van der Waals surface area contributed by atoms with E-state index < -0.39 is 0 Å². The van der Waals surface area contributed by atoms with Crippen LogP contribution in [0.25, 0.3) is 10.9 Å². The normalized spacial score (nSPS) is 19.0. The van der Waals surface area contributed by atoms with Gasteiger partial charge in [0.1, 0.15) is 0 Å². The van der Waals surface area contributed by atoms with Gasteiger partial charge in [-0.05, 0) is 48.7 Å². The summed E-state index contributed by atoms with van der Waals surface area (Å²) in [5.41, 5.74) is 4.06. The van der Waals surface area contributed by atoms with Crippen LogP contribution in [-0.4, -0.2) is 16.4 Å². The van der Waals surface area contributed by atoms with Crippen LogP contribution in [0.5, 0.6) is 0 Å². The van der Waals surface area contributed by atoms with Crippen LogP contribution in [0.2, 0.25) is 0 Å². The van der Waals surface area contributed by atoms with Crippen LogP contribution in [-0.2, 0) is 6.54 Å². The Labute approximate surface area is 139 Å². The first-order valence-corrected chi connectivity index (χ1v) is 8.65. The minimum absolute atomic E-state index is 0.517. The molecule has 1 N–H and O–H groups in total. The van der Waals surface area contributed by atoms with E-state index in [1.54, 1.807) is 0 Å². The zero-order valence-corrected chi connectivity index (χ0v) is 14.0. The molecule has 0 amide bonds. The number of benzene rings is 2. The summed E-state index contributed by atoms with van der Waals surface area (Å²) in [4.78, 5) is 6.04. The summed E-state index contributed by atoms with van der Waals surface area (Å²) in [6.07, 6.45) is 4.72. The molecular weight excluding hydrogens is 336 g/mol. The summed E-state index contributed by atoms with van der Waals surface area (Å²) in [7, 11) is 0. The predicted octanol–water partition coefficient (Wildman–Crippen LogP) is 5.27. The first-order chi connectivity index (χ1) is 10.8. The molecule has 0 bridgehead atoms. The highest BCUT2D eigenvalue weighted by atomic mass is 79.9. The zero-order valence-electron chi connectivity index (χ0n) is 12.4. The summed E-state index contributed by atoms with van der Waals surface area (Å²) >= 11 is 3.60. The molecule has 0 saturated carbocycles. The second-order valence-electron chi connectivity index (χ2n) is 6.05. The van der Waals surface area contributed by atoms with Crippen molar-refractivity contribution in [1.29, 1.82) is 0 Å². The van der Waals surface area contributed by atoms with Crippen molar-refractivity contribution in [2.75, 3.05) is 6.54 Å². The standard InChI is InChI=1S/C19H19BrN2/c20-15-8-9-18-16(11-15)17(12-21-18)19-7-4-10-22(19)13-14-5-2-1-3-6-14/h1-3,5-6,8-9,11-12,19,21H,4,7,10,13H2/t19-/m0/s1. The van der Waals surface area contributed by atoms with Gasteiger partial charge in [0.2, 0.25) is 0 Å². The summed E-state index contributed by atoms with van der Waals surface area (Å²) < 4.78 is 1.15. The highest BCUT2D eigenvalue weighted by Gasteiger charge is 2.27. The van der Waals surface area contributed by atoms with Crippen molar-refractivity contribution in [3.63, 3.8) is 0 Å². The lowest BCUT2D eigenvalue weighted by Gasteiger charge is -2.24. The van der Waals surface area contributed by atoms with E-state index in [0.717, 1.165) is 11.0 Å². The first kappa shape index (κ1) is 14.0. The quantitative estimate of drug-likeness (QED) is 0.678. The lowest BCUT2D eigenvalue weighted by atomic mass is 10.0. The Morgan fingerprint density at radius 2 is 2.00 bits per heavy atom. The van der Waals surface area contributed by atoms with E-state index in [1.165, 1.54) is 41.4 Å². The SMILES string of the molecule is Brc1ccc2[nH]cc([C@@H]3CCCN3Cc3ccccc3)c2c1. The highest BCUT2D eigenvalue weighted by molar-refractivity contribution is 9.10. The van der Waals surface area contributed by atoms with Crippen LogP contribution in [0.3, 0.4) is 0 Å². The van der Waals surface area contributed by atoms with E-state index >= 15 is 0 Å².